The van der Waals surface area contributed by atoms with Crippen LogP contribution in [0.25, 0.3) is 0 Å². The third kappa shape index (κ3) is 22.0. The molecule has 0 N–H and O–H groups in total. The third-order valence-corrected chi connectivity index (χ3v) is 5.45. The maximum atomic E-state index is 11.6. The van der Waals surface area contributed by atoms with Gasteiger partial charge in [0.05, 0.1) is 6.61 Å². The molecule has 0 aliphatic rings. The van der Waals surface area contributed by atoms with Gasteiger partial charge in [0.2, 0.25) is 0 Å². The van der Waals surface area contributed by atoms with Crippen LogP contribution in [0.15, 0.2) is 0 Å². The molecule has 0 radical (unpaired) electrons. The number of hydrogen-bond donors (Lipinski definition) is 0. The lowest BCUT2D eigenvalue weighted by molar-refractivity contribution is -0.143. The van der Waals surface area contributed by atoms with Crippen molar-refractivity contribution in [2.24, 2.45) is 0 Å². The Kier molecular flexibility index (Phi) is 21.2. The van der Waals surface area contributed by atoms with Gasteiger partial charge in [-0.25, -0.2) is 0 Å². The zero-order valence-corrected chi connectivity index (χ0v) is 19.3. The molecule has 0 amide bonds. The van der Waals surface area contributed by atoms with E-state index in [1.807, 2.05) is 0 Å². The third-order valence-electron chi connectivity index (χ3n) is 4.99. The van der Waals surface area contributed by atoms with E-state index in [-0.39, 0.29) is 5.97 Å². The first-order chi connectivity index (χ1) is 12.7. The van der Waals surface area contributed by atoms with Gasteiger partial charge in [-0.1, -0.05) is 120 Å². The van der Waals surface area contributed by atoms with E-state index >= 15 is 0 Å². The summed E-state index contributed by atoms with van der Waals surface area (Å²) in [7, 11) is 0. The molecule has 0 saturated carbocycles. The smallest absolute Gasteiger partial charge is 0.305 e. The Balaban J connectivity index is 3.13. The molecular weight excluding hydrogens is 388 g/mol. The fourth-order valence-electron chi connectivity index (χ4n) is 3.25. The van der Waals surface area contributed by atoms with Crippen molar-refractivity contribution >= 4 is 21.9 Å². The number of rotatable bonds is 20. The summed E-state index contributed by atoms with van der Waals surface area (Å²) in [5.74, 6) is -0.00386. The molecular formula is C23H45BrO2. The highest BCUT2D eigenvalue weighted by molar-refractivity contribution is 9.09. The Labute approximate surface area is 172 Å². The summed E-state index contributed by atoms with van der Waals surface area (Å²) in [4.78, 5) is 12.2. The monoisotopic (exact) mass is 432 g/mol. The number of alkyl halides is 1. The first-order valence-corrected chi connectivity index (χ1v) is 12.4. The number of carbonyl (C=O) groups is 1. The second-order valence-electron chi connectivity index (χ2n) is 7.84. The van der Waals surface area contributed by atoms with Crippen LogP contribution in [0.3, 0.4) is 0 Å². The van der Waals surface area contributed by atoms with Crippen LogP contribution < -0.4 is 0 Å². The molecule has 0 aromatic carbocycles. The highest BCUT2D eigenvalue weighted by atomic mass is 79.9. The number of halogens is 1. The van der Waals surface area contributed by atoms with Crippen LogP contribution in [-0.2, 0) is 9.53 Å². The van der Waals surface area contributed by atoms with Crippen molar-refractivity contribution in [1.82, 2.24) is 0 Å². The quantitative estimate of drug-likeness (QED) is 0.110. The van der Waals surface area contributed by atoms with Crippen molar-refractivity contribution in [3.63, 3.8) is 0 Å². The largest absolute Gasteiger partial charge is 0.466 e. The van der Waals surface area contributed by atoms with Crippen molar-refractivity contribution in [1.29, 1.82) is 0 Å². The van der Waals surface area contributed by atoms with Gasteiger partial charge in [-0.15, -0.1) is 0 Å². The van der Waals surface area contributed by atoms with E-state index in [1.54, 1.807) is 0 Å². The molecule has 156 valence electrons. The molecule has 0 aromatic rings. The molecule has 0 saturated heterocycles. The molecule has 3 heteroatoms. The Bertz CT molecular complexity index is 292. The molecule has 1 atom stereocenters. The van der Waals surface area contributed by atoms with Crippen LogP contribution in [0.5, 0.6) is 0 Å². The fraction of sp³-hybridized carbons (Fsp3) is 0.957. The van der Waals surface area contributed by atoms with Crippen molar-refractivity contribution in [3.05, 3.63) is 0 Å². The maximum Gasteiger partial charge on any atom is 0.305 e. The van der Waals surface area contributed by atoms with Crippen molar-refractivity contribution in [2.75, 3.05) is 6.61 Å². The van der Waals surface area contributed by atoms with E-state index in [9.17, 15) is 4.79 Å². The van der Waals surface area contributed by atoms with Gasteiger partial charge in [0, 0.05) is 11.2 Å². The minimum absolute atomic E-state index is 0.00386. The Hall–Kier alpha value is -0.0500. The van der Waals surface area contributed by atoms with E-state index in [0.29, 0.717) is 17.9 Å². The van der Waals surface area contributed by atoms with Gasteiger partial charge >= 0.3 is 5.97 Å². The van der Waals surface area contributed by atoms with Gasteiger partial charge in [0.1, 0.15) is 0 Å². The van der Waals surface area contributed by atoms with Gasteiger partial charge in [0.15, 0.2) is 0 Å². The topological polar surface area (TPSA) is 26.3 Å². The van der Waals surface area contributed by atoms with Gasteiger partial charge < -0.3 is 4.74 Å². The maximum absolute atomic E-state index is 11.6. The summed E-state index contributed by atoms with van der Waals surface area (Å²) in [5, 5.41) is 0. The molecule has 0 aliphatic heterocycles. The lowest BCUT2D eigenvalue weighted by atomic mass is 10.0. The van der Waals surface area contributed by atoms with Crippen molar-refractivity contribution in [3.8, 4) is 0 Å². The van der Waals surface area contributed by atoms with E-state index in [0.717, 1.165) is 19.3 Å². The van der Waals surface area contributed by atoms with Crippen LogP contribution in [-0.4, -0.2) is 17.4 Å². The average molecular weight is 434 g/mol. The summed E-state index contributed by atoms with van der Waals surface area (Å²) in [6, 6.07) is 0. The summed E-state index contributed by atoms with van der Waals surface area (Å²) in [6.45, 7) is 5.07. The molecule has 0 rings (SSSR count). The summed E-state index contributed by atoms with van der Waals surface area (Å²) >= 11 is 3.55. The summed E-state index contributed by atoms with van der Waals surface area (Å²) < 4.78 is 5.32. The number of esters is 1. The summed E-state index contributed by atoms with van der Waals surface area (Å²) in [5.41, 5.74) is 0. The molecule has 0 fully saturated rings. The van der Waals surface area contributed by atoms with Gasteiger partial charge in [0.25, 0.3) is 0 Å². The minimum Gasteiger partial charge on any atom is -0.466 e. The van der Waals surface area contributed by atoms with Crippen molar-refractivity contribution in [2.45, 2.75) is 134 Å². The van der Waals surface area contributed by atoms with Crippen LogP contribution in [0, 0.1) is 0 Å². The highest BCUT2D eigenvalue weighted by Crippen LogP contribution is 2.13. The van der Waals surface area contributed by atoms with E-state index in [1.165, 1.54) is 89.9 Å². The molecule has 0 spiro atoms. The molecule has 2 nitrogen and oxygen atoms in total. The molecule has 0 aliphatic carbocycles. The molecule has 0 heterocycles. The average Bonchev–Trinajstić information content (AvgIpc) is 2.61. The van der Waals surface area contributed by atoms with Gasteiger partial charge in [-0.05, 0) is 19.3 Å². The second-order valence-corrected chi connectivity index (χ2v) is 9.41. The molecule has 0 aromatic heterocycles. The number of hydrogen-bond acceptors (Lipinski definition) is 2. The fourth-order valence-corrected chi connectivity index (χ4v) is 3.57. The predicted molar refractivity (Wildman–Crippen MR) is 118 cm³/mol. The van der Waals surface area contributed by atoms with E-state index in [4.69, 9.17) is 4.74 Å². The first kappa shape index (κ1) is 26.0. The van der Waals surface area contributed by atoms with Crippen LogP contribution in [0.1, 0.15) is 129 Å². The zero-order chi connectivity index (χ0) is 19.3. The lowest BCUT2D eigenvalue weighted by Gasteiger charge is -2.06. The SMILES string of the molecule is CCCCCCCCCCCCCCCOC(=O)CCCCCC(C)Br. The zero-order valence-electron chi connectivity index (χ0n) is 17.7. The minimum atomic E-state index is -0.00386. The summed E-state index contributed by atoms with van der Waals surface area (Å²) in [6.07, 6.45) is 22.6. The second kappa shape index (κ2) is 21.3. The first-order valence-electron chi connectivity index (χ1n) is 11.5. The lowest BCUT2D eigenvalue weighted by Crippen LogP contribution is -2.05. The Morgan fingerprint density at radius 2 is 1.19 bits per heavy atom. The van der Waals surface area contributed by atoms with Crippen LogP contribution in [0.4, 0.5) is 0 Å². The molecule has 26 heavy (non-hydrogen) atoms. The number of unbranched alkanes of at least 4 members (excludes halogenated alkanes) is 14. The molecule has 0 bridgehead atoms. The van der Waals surface area contributed by atoms with Gasteiger partial charge in [-0.2, -0.15) is 0 Å². The Morgan fingerprint density at radius 1 is 0.731 bits per heavy atom. The predicted octanol–water partition coefficient (Wildman–Crippen LogP) is 8.35. The van der Waals surface area contributed by atoms with Gasteiger partial charge in [-0.3, -0.25) is 4.79 Å². The van der Waals surface area contributed by atoms with Crippen LogP contribution in [0.2, 0.25) is 0 Å². The highest BCUT2D eigenvalue weighted by Gasteiger charge is 2.03. The standard InChI is InChI=1S/C23H45BrO2/c1-3-4-5-6-7-8-9-10-11-12-13-14-18-21-26-23(25)20-17-15-16-19-22(2)24/h22H,3-21H2,1-2H3. The Morgan fingerprint density at radius 3 is 1.69 bits per heavy atom. The van der Waals surface area contributed by atoms with E-state index in [2.05, 4.69) is 29.8 Å². The van der Waals surface area contributed by atoms with Crippen LogP contribution >= 0.6 is 15.9 Å². The number of ether oxygens (including phenoxy) is 1. The number of carbonyl (C=O) groups excluding carboxylic acids is 1. The van der Waals surface area contributed by atoms with E-state index < -0.39 is 0 Å². The normalized spacial score (nSPS) is 12.3. The van der Waals surface area contributed by atoms with Crippen molar-refractivity contribution < 1.29 is 9.53 Å². The molecule has 1 unspecified atom stereocenters.